The number of anilines is 1. The van der Waals surface area contributed by atoms with Crippen LogP contribution in [0.25, 0.3) is 0 Å². The first-order valence-electron chi connectivity index (χ1n) is 9.14. The average Bonchev–Trinajstić information content (AvgIpc) is 2.77. The number of benzene rings is 1. The molecule has 1 N–H and O–H groups in total. The number of rotatable bonds is 8. The van der Waals surface area contributed by atoms with Crippen molar-refractivity contribution in [3.8, 4) is 11.5 Å². The molecule has 3 rings (SSSR count). The summed E-state index contributed by atoms with van der Waals surface area (Å²) in [6.45, 7) is 3.23. The van der Waals surface area contributed by atoms with E-state index in [1.165, 1.54) is 0 Å². The lowest BCUT2D eigenvalue weighted by molar-refractivity contribution is -0.119. The zero-order valence-electron chi connectivity index (χ0n) is 15.8. The quantitative estimate of drug-likeness (QED) is 0.548. The van der Waals surface area contributed by atoms with Crippen molar-refractivity contribution in [2.75, 3.05) is 51.8 Å². The predicted octanol–water partition coefficient (Wildman–Crippen LogP) is 1.50. The fraction of sp³-hybridized carbons (Fsp3) is 0.350. The number of aromatic nitrogens is 1. The van der Waals surface area contributed by atoms with Crippen LogP contribution < -0.4 is 14.8 Å². The molecule has 1 aliphatic rings. The summed E-state index contributed by atoms with van der Waals surface area (Å²) in [6, 6.07) is 9.18. The van der Waals surface area contributed by atoms with Crippen LogP contribution in [0.2, 0.25) is 0 Å². The lowest BCUT2D eigenvalue weighted by Gasteiger charge is -2.32. The molecule has 0 saturated carbocycles. The van der Waals surface area contributed by atoms with Gasteiger partial charge in [-0.15, -0.1) is 0 Å². The van der Waals surface area contributed by atoms with E-state index >= 15 is 0 Å². The molecule has 28 heavy (non-hydrogen) atoms. The first-order chi connectivity index (χ1) is 13.7. The van der Waals surface area contributed by atoms with Crippen molar-refractivity contribution in [2.24, 2.45) is 0 Å². The van der Waals surface area contributed by atoms with E-state index < -0.39 is 0 Å². The highest BCUT2D eigenvalue weighted by molar-refractivity contribution is 5.94. The molecule has 1 fully saturated rings. The van der Waals surface area contributed by atoms with Crippen LogP contribution in [0, 0.1) is 0 Å². The molecule has 0 aliphatic carbocycles. The number of pyridine rings is 1. The van der Waals surface area contributed by atoms with E-state index in [4.69, 9.17) is 9.47 Å². The Labute approximate surface area is 164 Å². The molecule has 148 valence electrons. The van der Waals surface area contributed by atoms with E-state index in [1.54, 1.807) is 35.4 Å². The van der Waals surface area contributed by atoms with Crippen LogP contribution in [0.4, 0.5) is 5.69 Å². The molecule has 0 spiro atoms. The summed E-state index contributed by atoms with van der Waals surface area (Å²) in [4.78, 5) is 31.0. The van der Waals surface area contributed by atoms with Crippen molar-refractivity contribution < 1.29 is 19.1 Å². The van der Waals surface area contributed by atoms with E-state index in [-0.39, 0.29) is 5.91 Å². The van der Waals surface area contributed by atoms with E-state index in [2.05, 4.69) is 10.3 Å². The number of hydrogen-bond donors (Lipinski definition) is 1. The molecule has 1 aromatic heterocycles. The molecule has 8 heteroatoms. The Hall–Kier alpha value is -3.29. The van der Waals surface area contributed by atoms with Gasteiger partial charge < -0.3 is 24.6 Å². The van der Waals surface area contributed by atoms with Crippen molar-refractivity contribution in [3.05, 3.63) is 48.3 Å². The van der Waals surface area contributed by atoms with Gasteiger partial charge in [-0.2, -0.15) is 0 Å². The van der Waals surface area contributed by atoms with Gasteiger partial charge in [0.05, 0.1) is 18.4 Å². The summed E-state index contributed by atoms with van der Waals surface area (Å²) in [5, 5.41) is 3.21. The fourth-order valence-electron chi connectivity index (χ4n) is 2.90. The third kappa shape index (κ3) is 5.12. The molecule has 2 heterocycles. The molecule has 2 amide bonds. The van der Waals surface area contributed by atoms with Crippen LogP contribution in [0.5, 0.6) is 11.5 Å². The van der Waals surface area contributed by atoms with Crippen LogP contribution in [0.1, 0.15) is 10.4 Å². The molecule has 0 bridgehead atoms. The second kappa shape index (κ2) is 9.59. The third-order valence-corrected chi connectivity index (χ3v) is 4.50. The minimum absolute atomic E-state index is 0.0730. The first kappa shape index (κ1) is 19.5. The van der Waals surface area contributed by atoms with Crippen molar-refractivity contribution in [1.82, 2.24) is 14.8 Å². The van der Waals surface area contributed by atoms with Gasteiger partial charge >= 0.3 is 0 Å². The van der Waals surface area contributed by atoms with Crippen LogP contribution in [-0.2, 0) is 4.79 Å². The Morgan fingerprint density at radius 3 is 2.54 bits per heavy atom. The van der Waals surface area contributed by atoms with E-state index in [9.17, 15) is 9.59 Å². The van der Waals surface area contributed by atoms with Crippen LogP contribution in [0.3, 0.4) is 0 Å². The summed E-state index contributed by atoms with van der Waals surface area (Å²) in [6.07, 6.45) is 4.06. The Balaban J connectivity index is 1.47. The zero-order valence-corrected chi connectivity index (χ0v) is 15.8. The summed E-state index contributed by atoms with van der Waals surface area (Å²) in [5.41, 5.74) is 1.29. The smallest absolute Gasteiger partial charge is 0.255 e. The zero-order chi connectivity index (χ0) is 19.8. The van der Waals surface area contributed by atoms with E-state index in [0.717, 1.165) is 23.6 Å². The van der Waals surface area contributed by atoms with Gasteiger partial charge in [0.15, 0.2) is 0 Å². The van der Waals surface area contributed by atoms with Gasteiger partial charge in [-0.25, -0.2) is 0 Å². The third-order valence-electron chi connectivity index (χ3n) is 4.50. The minimum Gasteiger partial charge on any atom is -0.497 e. The molecule has 1 saturated heterocycles. The number of amides is 2. The number of carbonyl (C=O) groups excluding carboxylic acids is 2. The first-order valence-corrected chi connectivity index (χ1v) is 9.14. The maximum absolute atomic E-state index is 12.6. The van der Waals surface area contributed by atoms with E-state index in [0.29, 0.717) is 44.9 Å². The number of carbonyl (C=O) groups is 2. The molecular weight excluding hydrogens is 360 g/mol. The minimum atomic E-state index is -0.0730. The van der Waals surface area contributed by atoms with Gasteiger partial charge in [0, 0.05) is 45.1 Å². The molecule has 8 nitrogen and oxygen atoms in total. The molecule has 0 atom stereocenters. The Bertz CT molecular complexity index is 789. The predicted molar refractivity (Wildman–Crippen MR) is 105 cm³/mol. The van der Waals surface area contributed by atoms with Crippen LogP contribution >= 0.6 is 0 Å². The summed E-state index contributed by atoms with van der Waals surface area (Å²) in [5.74, 6) is 1.47. The molecule has 2 aromatic rings. The number of hydrogen-bond acceptors (Lipinski definition) is 6. The van der Waals surface area contributed by atoms with Gasteiger partial charge in [0.1, 0.15) is 18.1 Å². The summed E-state index contributed by atoms with van der Waals surface area (Å²) < 4.78 is 10.8. The number of nitrogens with one attached hydrogen (secondary N) is 1. The van der Waals surface area contributed by atoms with E-state index in [1.807, 2.05) is 24.3 Å². The highest BCUT2D eigenvalue weighted by Gasteiger charge is 2.21. The Kier molecular flexibility index (Phi) is 6.67. The van der Waals surface area contributed by atoms with Gasteiger partial charge in [0.2, 0.25) is 6.41 Å². The van der Waals surface area contributed by atoms with Crippen molar-refractivity contribution in [3.63, 3.8) is 0 Å². The molecule has 0 unspecified atom stereocenters. The average molecular weight is 384 g/mol. The fourth-order valence-corrected chi connectivity index (χ4v) is 2.90. The molecule has 1 aliphatic heterocycles. The monoisotopic (exact) mass is 384 g/mol. The van der Waals surface area contributed by atoms with Crippen LogP contribution in [0.15, 0.2) is 42.7 Å². The highest BCUT2D eigenvalue weighted by atomic mass is 16.5. The SMILES string of the molecule is COc1ccc(OCCNc2cncc(C(=O)N3CCN(C=O)CC3)c2)cc1. The lowest BCUT2D eigenvalue weighted by Crippen LogP contribution is -2.48. The standard InChI is InChI=1S/C20H24N4O4/c1-27-18-2-4-19(5-3-18)28-11-6-22-17-12-16(13-21-14-17)20(26)24-9-7-23(15-25)8-10-24/h2-5,12-15,22H,6-11H2,1H3. The number of nitrogens with zero attached hydrogens (tertiary/aromatic N) is 3. The largest absolute Gasteiger partial charge is 0.497 e. The van der Waals surface area contributed by atoms with Crippen molar-refractivity contribution in [2.45, 2.75) is 0 Å². The van der Waals surface area contributed by atoms with Gasteiger partial charge in [-0.3, -0.25) is 14.6 Å². The Morgan fingerprint density at radius 1 is 1.14 bits per heavy atom. The highest BCUT2D eigenvalue weighted by Crippen LogP contribution is 2.17. The second-order valence-electron chi connectivity index (χ2n) is 6.35. The summed E-state index contributed by atoms with van der Waals surface area (Å²) in [7, 11) is 1.62. The second-order valence-corrected chi connectivity index (χ2v) is 6.35. The Morgan fingerprint density at radius 2 is 1.86 bits per heavy atom. The van der Waals surface area contributed by atoms with Crippen LogP contribution in [-0.4, -0.2) is 73.5 Å². The van der Waals surface area contributed by atoms with Crippen molar-refractivity contribution >= 4 is 18.0 Å². The topological polar surface area (TPSA) is 84.0 Å². The molecule has 0 radical (unpaired) electrons. The van der Waals surface area contributed by atoms with Gasteiger partial charge in [-0.1, -0.05) is 0 Å². The van der Waals surface area contributed by atoms with Crippen molar-refractivity contribution in [1.29, 1.82) is 0 Å². The summed E-state index contributed by atoms with van der Waals surface area (Å²) >= 11 is 0. The lowest BCUT2D eigenvalue weighted by atomic mass is 10.2. The molecular formula is C20H24N4O4. The number of methoxy groups -OCH3 is 1. The number of piperazine rings is 1. The number of ether oxygens (including phenoxy) is 2. The maximum Gasteiger partial charge on any atom is 0.255 e. The van der Waals surface area contributed by atoms with Gasteiger partial charge in [0.25, 0.3) is 5.91 Å². The normalized spacial score (nSPS) is 13.8. The van der Waals surface area contributed by atoms with Gasteiger partial charge in [-0.05, 0) is 30.3 Å². The molecule has 1 aromatic carbocycles. The maximum atomic E-state index is 12.6.